The van der Waals surface area contributed by atoms with E-state index in [0.29, 0.717) is 23.8 Å². The molecular formula is C30H28ClN3O3S. The highest BCUT2D eigenvalue weighted by Crippen LogP contribution is 2.35. The Hall–Kier alpha value is -3.13. The number of carbonyl (C=O) groups excluding carboxylic acids is 3. The molecule has 1 N–H and O–H groups in total. The van der Waals surface area contributed by atoms with Crippen molar-refractivity contribution in [3.8, 4) is 11.1 Å². The summed E-state index contributed by atoms with van der Waals surface area (Å²) < 4.78 is 0. The highest BCUT2D eigenvalue weighted by molar-refractivity contribution is 8.00. The fourth-order valence-electron chi connectivity index (χ4n) is 5.66. The third-order valence-electron chi connectivity index (χ3n) is 7.59. The van der Waals surface area contributed by atoms with Gasteiger partial charge in [-0.3, -0.25) is 24.6 Å². The molecule has 2 saturated heterocycles. The van der Waals surface area contributed by atoms with E-state index >= 15 is 0 Å². The number of nitrogens with zero attached hydrogens (tertiary/aromatic N) is 2. The normalized spacial score (nSPS) is 21.6. The number of piperidine rings is 1. The molecule has 38 heavy (non-hydrogen) atoms. The lowest BCUT2D eigenvalue weighted by Gasteiger charge is -2.29. The largest absolute Gasteiger partial charge is 0.322 e. The molecule has 3 amide bonds. The molecule has 0 aliphatic carbocycles. The number of benzene rings is 3. The SMILES string of the molecule is O=C1CCC(N2Cc3cc(SC4CCN(Cc5ccccc5-c5ccc(Cl)cc5)C4)ccc3C2=O)C(=O)N1. The molecule has 0 saturated carbocycles. The number of hydrogen-bond donors (Lipinski definition) is 1. The summed E-state index contributed by atoms with van der Waals surface area (Å²) in [5.41, 5.74) is 5.34. The van der Waals surface area contributed by atoms with Crippen LogP contribution in [0.1, 0.15) is 40.7 Å². The molecule has 0 radical (unpaired) electrons. The van der Waals surface area contributed by atoms with Crippen LogP contribution in [0.5, 0.6) is 0 Å². The molecule has 2 fully saturated rings. The molecule has 194 valence electrons. The molecule has 3 aromatic rings. The van der Waals surface area contributed by atoms with E-state index in [-0.39, 0.29) is 24.1 Å². The molecule has 3 aromatic carbocycles. The van der Waals surface area contributed by atoms with E-state index in [0.717, 1.165) is 41.5 Å². The highest BCUT2D eigenvalue weighted by atomic mass is 35.5. The van der Waals surface area contributed by atoms with E-state index in [1.165, 1.54) is 16.7 Å². The van der Waals surface area contributed by atoms with Gasteiger partial charge >= 0.3 is 0 Å². The predicted molar refractivity (Wildman–Crippen MR) is 149 cm³/mol. The average molecular weight is 546 g/mol. The van der Waals surface area contributed by atoms with Crippen LogP contribution in [-0.2, 0) is 22.7 Å². The van der Waals surface area contributed by atoms with Crippen molar-refractivity contribution in [2.24, 2.45) is 0 Å². The van der Waals surface area contributed by atoms with E-state index in [4.69, 9.17) is 11.6 Å². The summed E-state index contributed by atoms with van der Waals surface area (Å²) >= 11 is 7.96. The summed E-state index contributed by atoms with van der Waals surface area (Å²) in [5.74, 6) is -0.772. The fourth-order valence-corrected chi connectivity index (χ4v) is 7.04. The van der Waals surface area contributed by atoms with Crippen LogP contribution in [0, 0.1) is 0 Å². The van der Waals surface area contributed by atoms with E-state index in [9.17, 15) is 14.4 Å². The maximum absolute atomic E-state index is 13.0. The lowest BCUT2D eigenvalue weighted by Crippen LogP contribution is -2.52. The Kier molecular flexibility index (Phi) is 6.99. The predicted octanol–water partition coefficient (Wildman–Crippen LogP) is 5.13. The summed E-state index contributed by atoms with van der Waals surface area (Å²) in [6.45, 7) is 3.35. The summed E-state index contributed by atoms with van der Waals surface area (Å²) in [6.07, 6.45) is 1.75. The Morgan fingerprint density at radius 2 is 1.76 bits per heavy atom. The van der Waals surface area contributed by atoms with Crippen LogP contribution >= 0.6 is 23.4 Å². The monoisotopic (exact) mass is 545 g/mol. The van der Waals surface area contributed by atoms with Crippen molar-refractivity contribution < 1.29 is 14.4 Å². The Morgan fingerprint density at radius 1 is 0.947 bits per heavy atom. The average Bonchev–Trinajstić information content (AvgIpc) is 3.48. The van der Waals surface area contributed by atoms with Gasteiger partial charge in [0.2, 0.25) is 11.8 Å². The van der Waals surface area contributed by atoms with Crippen molar-refractivity contribution >= 4 is 41.1 Å². The number of hydrogen-bond acceptors (Lipinski definition) is 5. The van der Waals surface area contributed by atoms with Gasteiger partial charge in [0, 0.05) is 46.8 Å². The van der Waals surface area contributed by atoms with Gasteiger partial charge in [0.15, 0.2) is 0 Å². The summed E-state index contributed by atoms with van der Waals surface area (Å²) in [5, 5.41) is 3.58. The standard InChI is InChI=1S/C30H28ClN3O3S/c31-22-7-5-19(6-8-22)25-4-2-1-3-20(25)16-33-14-13-24(18-33)38-23-9-10-26-21(15-23)17-34(30(26)37)27-11-12-28(35)32-29(27)36/h1-10,15,24,27H,11-14,16-18H2,(H,32,35,36). The topological polar surface area (TPSA) is 69.7 Å². The molecule has 0 spiro atoms. The van der Waals surface area contributed by atoms with Crippen molar-refractivity contribution in [2.45, 2.75) is 48.5 Å². The number of fused-ring (bicyclic) bond motifs is 1. The Balaban J connectivity index is 1.09. The van der Waals surface area contributed by atoms with Crippen molar-refractivity contribution in [3.63, 3.8) is 0 Å². The quantitative estimate of drug-likeness (QED) is 0.435. The van der Waals surface area contributed by atoms with Gasteiger partial charge in [0.05, 0.1) is 0 Å². The summed E-state index contributed by atoms with van der Waals surface area (Å²) in [7, 11) is 0. The zero-order valence-electron chi connectivity index (χ0n) is 20.9. The van der Waals surface area contributed by atoms with Crippen LogP contribution in [0.25, 0.3) is 11.1 Å². The number of amides is 3. The minimum atomic E-state index is -0.581. The van der Waals surface area contributed by atoms with Gasteiger partial charge in [0.25, 0.3) is 5.91 Å². The Morgan fingerprint density at radius 3 is 2.58 bits per heavy atom. The molecule has 0 bridgehead atoms. The minimum Gasteiger partial charge on any atom is -0.322 e. The lowest BCUT2D eigenvalue weighted by atomic mass is 9.99. The molecule has 6 rings (SSSR count). The second kappa shape index (κ2) is 10.6. The van der Waals surface area contributed by atoms with Gasteiger partial charge in [-0.25, -0.2) is 0 Å². The van der Waals surface area contributed by atoms with Crippen LogP contribution in [0.3, 0.4) is 0 Å². The van der Waals surface area contributed by atoms with Crippen LogP contribution in [-0.4, -0.2) is 51.9 Å². The number of thioether (sulfide) groups is 1. The zero-order chi connectivity index (χ0) is 26.2. The maximum atomic E-state index is 13.0. The highest BCUT2D eigenvalue weighted by Gasteiger charge is 2.39. The maximum Gasteiger partial charge on any atom is 0.255 e. The number of carbonyl (C=O) groups is 3. The van der Waals surface area contributed by atoms with E-state index in [1.807, 2.05) is 36.0 Å². The van der Waals surface area contributed by atoms with Gasteiger partial charge in [-0.2, -0.15) is 0 Å². The van der Waals surface area contributed by atoms with Crippen molar-refractivity contribution in [3.05, 3.63) is 88.4 Å². The second-order valence-electron chi connectivity index (χ2n) is 10.1. The number of halogens is 1. The van der Waals surface area contributed by atoms with E-state index < -0.39 is 6.04 Å². The Bertz CT molecular complexity index is 1410. The van der Waals surface area contributed by atoms with Crippen LogP contribution in [0.4, 0.5) is 0 Å². The fraction of sp³-hybridized carbons (Fsp3) is 0.300. The molecule has 6 nitrogen and oxygen atoms in total. The van der Waals surface area contributed by atoms with Gasteiger partial charge in [-0.05, 0) is 72.0 Å². The molecule has 3 heterocycles. The summed E-state index contributed by atoms with van der Waals surface area (Å²) in [4.78, 5) is 42.1. The molecule has 8 heteroatoms. The molecule has 3 aliphatic rings. The number of rotatable bonds is 6. The third kappa shape index (κ3) is 5.10. The minimum absolute atomic E-state index is 0.127. The Labute approximate surface area is 231 Å². The second-order valence-corrected chi connectivity index (χ2v) is 12.0. The number of nitrogens with one attached hydrogen (secondary N) is 1. The van der Waals surface area contributed by atoms with E-state index in [2.05, 4.69) is 52.7 Å². The lowest BCUT2D eigenvalue weighted by molar-refractivity contribution is -0.136. The number of imide groups is 1. The van der Waals surface area contributed by atoms with Gasteiger partial charge in [-0.1, -0.05) is 48.0 Å². The zero-order valence-corrected chi connectivity index (χ0v) is 22.4. The van der Waals surface area contributed by atoms with Gasteiger partial charge in [0.1, 0.15) is 6.04 Å². The van der Waals surface area contributed by atoms with Crippen molar-refractivity contribution in [1.82, 2.24) is 15.1 Å². The van der Waals surface area contributed by atoms with Crippen LogP contribution < -0.4 is 5.32 Å². The molecule has 3 aliphatic heterocycles. The van der Waals surface area contributed by atoms with Crippen molar-refractivity contribution in [1.29, 1.82) is 0 Å². The molecule has 2 unspecified atom stereocenters. The van der Waals surface area contributed by atoms with Crippen molar-refractivity contribution in [2.75, 3.05) is 13.1 Å². The third-order valence-corrected chi connectivity index (χ3v) is 9.09. The first-order valence-corrected chi connectivity index (χ1v) is 14.2. The van der Waals surface area contributed by atoms with Crippen LogP contribution in [0.15, 0.2) is 71.6 Å². The molecule has 2 atom stereocenters. The first-order valence-electron chi connectivity index (χ1n) is 12.9. The first-order chi connectivity index (χ1) is 18.4. The van der Waals surface area contributed by atoms with Crippen LogP contribution in [0.2, 0.25) is 5.02 Å². The summed E-state index contributed by atoms with van der Waals surface area (Å²) in [6, 6.07) is 22.0. The number of likely N-dealkylation sites (tertiary alicyclic amines) is 1. The van der Waals surface area contributed by atoms with Gasteiger partial charge in [-0.15, -0.1) is 11.8 Å². The molecular weight excluding hydrogens is 518 g/mol. The van der Waals surface area contributed by atoms with E-state index in [1.54, 1.807) is 4.90 Å². The first kappa shape index (κ1) is 25.2. The molecule has 0 aromatic heterocycles. The smallest absolute Gasteiger partial charge is 0.255 e. The van der Waals surface area contributed by atoms with Gasteiger partial charge < -0.3 is 4.90 Å².